The highest BCUT2D eigenvalue weighted by Crippen LogP contribution is 2.16. The summed E-state index contributed by atoms with van der Waals surface area (Å²) in [5.74, 6) is -0.503. The van der Waals surface area contributed by atoms with Crippen LogP contribution in [0, 0.1) is 6.92 Å². The van der Waals surface area contributed by atoms with Crippen molar-refractivity contribution in [3.05, 3.63) is 89.4 Å². The molecule has 1 aliphatic rings. The van der Waals surface area contributed by atoms with Crippen LogP contribution in [-0.4, -0.2) is 24.9 Å². The van der Waals surface area contributed by atoms with E-state index in [2.05, 4.69) is 34.9 Å². The van der Waals surface area contributed by atoms with E-state index in [0.717, 1.165) is 30.8 Å². The Morgan fingerprint density at radius 1 is 1.00 bits per heavy atom. The van der Waals surface area contributed by atoms with E-state index in [0.29, 0.717) is 12.2 Å². The van der Waals surface area contributed by atoms with Crippen molar-refractivity contribution in [3.63, 3.8) is 0 Å². The van der Waals surface area contributed by atoms with Crippen LogP contribution in [0.15, 0.2) is 71.3 Å². The molecule has 2 aromatic carbocycles. The van der Waals surface area contributed by atoms with Gasteiger partial charge in [0.1, 0.15) is 6.54 Å². The van der Waals surface area contributed by atoms with Gasteiger partial charge in [0.25, 0.3) is 0 Å². The fourth-order valence-electron chi connectivity index (χ4n) is 4.00. The molecular weight excluding hydrogens is 378 g/mol. The maximum absolute atomic E-state index is 12.5. The van der Waals surface area contributed by atoms with E-state index in [1.165, 1.54) is 16.0 Å². The molecule has 6 heteroatoms. The molecule has 3 N–H and O–H groups in total. The van der Waals surface area contributed by atoms with Gasteiger partial charge >= 0.3 is 11.8 Å². The first-order chi connectivity index (χ1) is 14.6. The van der Waals surface area contributed by atoms with Crippen LogP contribution in [0.5, 0.6) is 0 Å². The number of benzene rings is 2. The second kappa shape index (κ2) is 8.97. The summed E-state index contributed by atoms with van der Waals surface area (Å²) in [6.07, 6.45) is 2.62. The van der Waals surface area contributed by atoms with Crippen molar-refractivity contribution in [1.29, 1.82) is 0 Å². The summed E-state index contributed by atoms with van der Waals surface area (Å²) < 4.78 is 5.67. The molecule has 30 heavy (non-hydrogen) atoms. The number of carbonyl (C=O) groups is 2. The lowest BCUT2D eigenvalue weighted by molar-refractivity contribution is -0.946. The fourth-order valence-corrected chi connectivity index (χ4v) is 4.00. The largest absolute Gasteiger partial charge is 0.463 e. The van der Waals surface area contributed by atoms with E-state index in [4.69, 9.17) is 4.42 Å². The third-order valence-corrected chi connectivity index (χ3v) is 5.70. The minimum absolute atomic E-state index is 0.0661. The van der Waals surface area contributed by atoms with E-state index in [-0.39, 0.29) is 6.04 Å². The summed E-state index contributed by atoms with van der Waals surface area (Å²) in [6.45, 7) is 4.00. The van der Waals surface area contributed by atoms with Crippen molar-refractivity contribution >= 4 is 17.5 Å². The summed E-state index contributed by atoms with van der Waals surface area (Å²) in [6, 6.07) is 19.5. The number of rotatable bonds is 5. The second-order valence-electron chi connectivity index (χ2n) is 7.65. The molecular formula is C24H26N3O3+. The average Bonchev–Trinajstić information content (AvgIpc) is 3.30. The van der Waals surface area contributed by atoms with Gasteiger partial charge in [-0.2, -0.15) is 0 Å². The van der Waals surface area contributed by atoms with Gasteiger partial charge in [0.05, 0.1) is 19.4 Å². The molecule has 0 bridgehead atoms. The highest BCUT2D eigenvalue weighted by Gasteiger charge is 2.31. The Bertz CT molecular complexity index is 1030. The maximum Gasteiger partial charge on any atom is 0.313 e. The zero-order valence-corrected chi connectivity index (χ0v) is 17.0. The first kappa shape index (κ1) is 19.9. The topological polar surface area (TPSA) is 75.8 Å². The fraction of sp³-hybridized carbons (Fsp3) is 0.250. The average molecular weight is 404 g/mol. The first-order valence-electron chi connectivity index (χ1n) is 10.2. The van der Waals surface area contributed by atoms with Crippen molar-refractivity contribution in [3.8, 4) is 0 Å². The Labute approximate surface area is 175 Å². The molecule has 0 spiro atoms. The molecule has 6 nitrogen and oxygen atoms in total. The number of quaternary nitrogens is 1. The SMILES string of the molecule is Cc1ccccc1NC(=O)C(=O)NC[C@@H](c1ccco1)[NH+]1CCc2ccccc2C1. The van der Waals surface area contributed by atoms with Gasteiger partial charge in [0.2, 0.25) is 0 Å². The molecule has 0 radical (unpaired) electrons. The molecule has 4 rings (SSSR count). The van der Waals surface area contributed by atoms with Gasteiger partial charge in [0.15, 0.2) is 11.8 Å². The van der Waals surface area contributed by atoms with E-state index in [1.54, 1.807) is 12.3 Å². The van der Waals surface area contributed by atoms with Gasteiger partial charge < -0.3 is 20.0 Å². The molecule has 1 unspecified atom stereocenters. The molecule has 3 aromatic rings. The lowest BCUT2D eigenvalue weighted by atomic mass is 9.98. The number of para-hydroxylation sites is 1. The van der Waals surface area contributed by atoms with Crippen molar-refractivity contribution in [2.45, 2.75) is 25.9 Å². The number of hydrogen-bond donors (Lipinski definition) is 3. The van der Waals surface area contributed by atoms with Crippen molar-refractivity contribution in [2.24, 2.45) is 0 Å². The number of fused-ring (bicyclic) bond motifs is 1. The number of furan rings is 1. The number of nitrogens with one attached hydrogen (secondary N) is 3. The summed E-state index contributed by atoms with van der Waals surface area (Å²) in [5.41, 5.74) is 4.24. The maximum atomic E-state index is 12.5. The van der Waals surface area contributed by atoms with E-state index < -0.39 is 11.8 Å². The predicted molar refractivity (Wildman–Crippen MR) is 114 cm³/mol. The Kier molecular flexibility index (Phi) is 5.95. The van der Waals surface area contributed by atoms with E-state index in [1.807, 2.05) is 37.3 Å². The normalized spacial score (nSPS) is 16.4. The van der Waals surface area contributed by atoms with Crippen molar-refractivity contribution in [1.82, 2.24) is 5.32 Å². The molecule has 0 saturated carbocycles. The van der Waals surface area contributed by atoms with Crippen LogP contribution in [0.4, 0.5) is 5.69 Å². The number of aryl methyl sites for hydroxylation is 1. The van der Waals surface area contributed by atoms with Crippen LogP contribution in [0.3, 0.4) is 0 Å². The zero-order valence-electron chi connectivity index (χ0n) is 17.0. The molecule has 2 heterocycles. The second-order valence-corrected chi connectivity index (χ2v) is 7.65. The quantitative estimate of drug-likeness (QED) is 0.570. The first-order valence-corrected chi connectivity index (χ1v) is 10.2. The van der Waals surface area contributed by atoms with Gasteiger partial charge in [-0.25, -0.2) is 0 Å². The van der Waals surface area contributed by atoms with Crippen LogP contribution >= 0.6 is 0 Å². The lowest BCUT2D eigenvalue weighted by Gasteiger charge is -2.31. The highest BCUT2D eigenvalue weighted by atomic mass is 16.3. The summed E-state index contributed by atoms with van der Waals surface area (Å²) in [7, 11) is 0. The standard InChI is InChI=1S/C24H25N3O3/c1-17-7-2-5-10-20(17)26-24(29)23(28)25-15-21(22-11-6-14-30-22)27-13-12-18-8-3-4-9-19(18)16-27/h2-11,14,21H,12-13,15-16H2,1H3,(H,25,28)(H,26,29)/p+1/t21-/m0/s1. The van der Waals surface area contributed by atoms with Crippen LogP contribution < -0.4 is 15.5 Å². The van der Waals surface area contributed by atoms with Crippen LogP contribution in [0.25, 0.3) is 0 Å². The molecule has 1 aromatic heterocycles. The highest BCUT2D eigenvalue weighted by molar-refractivity contribution is 6.39. The lowest BCUT2D eigenvalue weighted by Crippen LogP contribution is -3.12. The molecule has 0 fully saturated rings. The molecule has 2 amide bonds. The summed E-state index contributed by atoms with van der Waals surface area (Å²) in [5, 5.41) is 5.48. The van der Waals surface area contributed by atoms with Gasteiger partial charge in [-0.1, -0.05) is 42.5 Å². The third kappa shape index (κ3) is 4.44. The summed E-state index contributed by atoms with van der Waals surface area (Å²) in [4.78, 5) is 26.1. The zero-order chi connectivity index (χ0) is 20.9. The van der Waals surface area contributed by atoms with Crippen LogP contribution in [0.1, 0.15) is 28.5 Å². The smallest absolute Gasteiger partial charge is 0.313 e. The Morgan fingerprint density at radius 3 is 2.53 bits per heavy atom. The van der Waals surface area contributed by atoms with E-state index in [9.17, 15) is 9.59 Å². The van der Waals surface area contributed by atoms with Crippen molar-refractivity contribution < 1.29 is 18.9 Å². The van der Waals surface area contributed by atoms with Gasteiger partial charge in [-0.05, 0) is 36.2 Å². The monoisotopic (exact) mass is 404 g/mol. The van der Waals surface area contributed by atoms with Crippen LogP contribution in [-0.2, 0) is 22.6 Å². The molecule has 1 aliphatic heterocycles. The predicted octanol–water partition coefficient (Wildman–Crippen LogP) is 2.03. The van der Waals surface area contributed by atoms with Crippen LogP contribution in [0.2, 0.25) is 0 Å². The molecule has 2 atom stereocenters. The van der Waals surface area contributed by atoms with Gasteiger partial charge in [-0.3, -0.25) is 9.59 Å². The number of anilines is 1. The number of amides is 2. The van der Waals surface area contributed by atoms with Crippen molar-refractivity contribution in [2.75, 3.05) is 18.4 Å². The Hall–Kier alpha value is -3.38. The summed E-state index contributed by atoms with van der Waals surface area (Å²) >= 11 is 0. The van der Waals surface area contributed by atoms with Gasteiger partial charge in [-0.15, -0.1) is 0 Å². The van der Waals surface area contributed by atoms with E-state index >= 15 is 0 Å². The molecule has 0 saturated heterocycles. The number of carbonyl (C=O) groups excluding carboxylic acids is 2. The minimum atomic E-state index is -0.665. The number of hydrogen-bond acceptors (Lipinski definition) is 3. The minimum Gasteiger partial charge on any atom is -0.463 e. The Balaban J connectivity index is 1.43. The third-order valence-electron chi connectivity index (χ3n) is 5.70. The Morgan fingerprint density at radius 2 is 1.77 bits per heavy atom. The molecule has 0 aliphatic carbocycles. The van der Waals surface area contributed by atoms with Gasteiger partial charge in [0, 0.05) is 17.7 Å². The molecule has 154 valence electrons.